The molecule has 222 valence electrons. The van der Waals surface area contributed by atoms with Crippen molar-refractivity contribution in [3.63, 3.8) is 0 Å². The van der Waals surface area contributed by atoms with Gasteiger partial charge < -0.3 is 25.8 Å². The summed E-state index contributed by atoms with van der Waals surface area (Å²) in [6, 6.07) is 0.834. The van der Waals surface area contributed by atoms with E-state index in [0.29, 0.717) is 29.8 Å². The Kier molecular flexibility index (Phi) is 10.00. The van der Waals surface area contributed by atoms with Crippen LogP contribution in [0.3, 0.4) is 0 Å². The number of carbonyl (C=O) groups is 4. The number of carbonyl (C=O) groups excluding carboxylic acids is 4. The number of ether oxygens (including phenoxy) is 1. The highest BCUT2D eigenvalue weighted by atomic mass is 19.1. The Morgan fingerprint density at radius 3 is 2.76 bits per heavy atom. The second kappa shape index (κ2) is 13.6. The van der Waals surface area contributed by atoms with Gasteiger partial charge in [0.2, 0.25) is 23.6 Å². The zero-order valence-corrected chi connectivity index (χ0v) is 23.1. The van der Waals surface area contributed by atoms with Gasteiger partial charge in [0.1, 0.15) is 37.1 Å². The number of aromatic nitrogens is 3. The fourth-order valence-electron chi connectivity index (χ4n) is 5.24. The Bertz CT molecular complexity index is 1260. The number of aryl methyl sites for hydroxylation is 1. The van der Waals surface area contributed by atoms with Crippen LogP contribution < -0.4 is 20.9 Å². The van der Waals surface area contributed by atoms with Crippen LogP contribution in [0.1, 0.15) is 49.1 Å². The van der Waals surface area contributed by atoms with Crippen LogP contribution in [0.5, 0.6) is 0 Å². The van der Waals surface area contributed by atoms with Gasteiger partial charge in [-0.3, -0.25) is 29.2 Å². The van der Waals surface area contributed by atoms with E-state index >= 15 is 0 Å². The first kappa shape index (κ1) is 30.1. The Morgan fingerprint density at radius 1 is 1.29 bits per heavy atom. The summed E-state index contributed by atoms with van der Waals surface area (Å²) in [5, 5.41) is 28.1. The molecule has 4 atom stereocenters. The largest absolute Gasteiger partial charge is 0.392 e. The highest BCUT2D eigenvalue weighted by Gasteiger charge is 2.44. The Balaban J connectivity index is 1.55. The molecule has 2 aliphatic heterocycles. The molecule has 0 saturated heterocycles. The van der Waals surface area contributed by atoms with Gasteiger partial charge in [-0.05, 0) is 35.4 Å². The van der Waals surface area contributed by atoms with E-state index in [-0.39, 0.29) is 44.4 Å². The Labute approximate surface area is 236 Å². The van der Waals surface area contributed by atoms with Gasteiger partial charge in [0, 0.05) is 12.6 Å². The van der Waals surface area contributed by atoms with Crippen molar-refractivity contribution in [2.45, 2.75) is 70.8 Å². The lowest BCUT2D eigenvalue weighted by Crippen LogP contribution is -2.58. The van der Waals surface area contributed by atoms with Gasteiger partial charge in [0.15, 0.2) is 0 Å². The first-order valence-electron chi connectivity index (χ1n) is 13.7. The molecule has 0 fully saturated rings. The van der Waals surface area contributed by atoms with Crippen molar-refractivity contribution in [2.24, 2.45) is 5.92 Å². The number of nitrogens with zero attached hydrogens (tertiary/aromatic N) is 3. The minimum Gasteiger partial charge on any atom is -0.392 e. The molecule has 13 nitrogen and oxygen atoms in total. The molecule has 2 aliphatic rings. The monoisotopic (exact) mass is 573 g/mol. The van der Waals surface area contributed by atoms with Crippen molar-refractivity contribution in [3.8, 4) is 0 Å². The highest BCUT2D eigenvalue weighted by molar-refractivity contribution is 6.08. The van der Waals surface area contributed by atoms with Crippen molar-refractivity contribution < 1.29 is 33.4 Å². The van der Waals surface area contributed by atoms with Crippen molar-refractivity contribution in [2.75, 3.05) is 24.8 Å². The number of aliphatic hydroxyl groups excluding tert-OH is 1. The van der Waals surface area contributed by atoms with Crippen LogP contribution >= 0.6 is 0 Å². The topological polar surface area (TPSA) is 179 Å². The van der Waals surface area contributed by atoms with Crippen LogP contribution in [0.15, 0.2) is 18.3 Å². The van der Waals surface area contributed by atoms with Crippen molar-refractivity contribution in [1.82, 2.24) is 31.4 Å². The minimum absolute atomic E-state index is 0.116. The summed E-state index contributed by atoms with van der Waals surface area (Å²) < 4.78 is 17.3. The summed E-state index contributed by atoms with van der Waals surface area (Å²) in [5.74, 6) is -2.19. The van der Waals surface area contributed by atoms with Crippen LogP contribution in [0.25, 0.3) is 0 Å². The third-order valence-corrected chi connectivity index (χ3v) is 7.51. The maximum Gasteiger partial charge on any atom is 0.250 e. The van der Waals surface area contributed by atoms with E-state index in [4.69, 9.17) is 4.74 Å². The number of amides is 4. The predicted molar refractivity (Wildman–Crippen MR) is 144 cm³/mol. The minimum atomic E-state index is -0.962. The smallest absolute Gasteiger partial charge is 0.250 e. The molecule has 1 aromatic carbocycles. The fraction of sp³-hybridized carbons (Fsp3) is 0.556. The molecule has 1 aromatic heterocycles. The third kappa shape index (κ3) is 6.88. The van der Waals surface area contributed by atoms with Crippen molar-refractivity contribution >= 4 is 29.3 Å². The maximum atomic E-state index is 14.0. The van der Waals surface area contributed by atoms with E-state index in [1.54, 1.807) is 19.2 Å². The summed E-state index contributed by atoms with van der Waals surface area (Å²) in [6.07, 6.45) is 3.06. The number of aromatic amines is 1. The lowest BCUT2D eigenvalue weighted by Gasteiger charge is -2.30. The first-order chi connectivity index (χ1) is 19.8. The lowest BCUT2D eigenvalue weighted by atomic mass is 9.96. The molecule has 0 radical (unpaired) electrons. The summed E-state index contributed by atoms with van der Waals surface area (Å²) in [4.78, 5) is 54.6. The second-order valence-electron chi connectivity index (χ2n) is 10.3. The zero-order valence-electron chi connectivity index (χ0n) is 23.1. The molecule has 2 aromatic rings. The molecular weight excluding hydrogens is 537 g/mol. The number of hydrogen-bond acceptors (Lipinski definition) is 8. The number of hydrogen-bond donors (Lipinski definition) is 5. The van der Waals surface area contributed by atoms with Gasteiger partial charge in [-0.25, -0.2) is 4.39 Å². The number of benzene rings is 1. The van der Waals surface area contributed by atoms with E-state index in [9.17, 15) is 28.7 Å². The van der Waals surface area contributed by atoms with E-state index < -0.39 is 49.1 Å². The second-order valence-corrected chi connectivity index (χ2v) is 10.3. The molecule has 0 spiro atoms. The van der Waals surface area contributed by atoms with Crippen LogP contribution in [-0.4, -0.2) is 82.2 Å². The van der Waals surface area contributed by atoms with Gasteiger partial charge in [-0.15, -0.1) is 5.10 Å². The van der Waals surface area contributed by atoms with Crippen molar-refractivity contribution in [1.29, 1.82) is 0 Å². The normalized spacial score (nSPS) is 19.2. The standard InChI is InChI=1S/C27H36FN7O6/c1-3-15(2)23(32-22(37)14-41-7-6-28)26(39)31-20-5-4-17-8-16(13-36)9-18-10-21(35(24(17)18)27(20)40)25(38)29-11-19-12-30-34-33-19/h8-9,12,15,20-21,23,36H,3-7,10-11,13-14H2,1-2H3,(H,29,38)(H,31,39)(H,32,37)(H,30,33,34)/t15-,20-,21-,23-/m0/s1. The summed E-state index contributed by atoms with van der Waals surface area (Å²) in [6.45, 7) is 2.25. The van der Waals surface area contributed by atoms with E-state index in [0.717, 1.165) is 11.1 Å². The van der Waals surface area contributed by atoms with Crippen LogP contribution in [0.4, 0.5) is 10.1 Å². The molecule has 5 N–H and O–H groups in total. The van der Waals surface area contributed by atoms with Gasteiger partial charge in [-0.2, -0.15) is 0 Å². The lowest BCUT2D eigenvalue weighted by molar-refractivity contribution is -0.134. The number of alkyl halides is 1. The van der Waals surface area contributed by atoms with Gasteiger partial charge in [0.05, 0.1) is 25.4 Å². The molecule has 0 unspecified atom stereocenters. The number of H-pyrrole nitrogens is 1. The predicted octanol–water partition coefficient (Wildman–Crippen LogP) is -0.181. The Hall–Kier alpha value is -3.91. The fourth-order valence-corrected chi connectivity index (χ4v) is 5.24. The SMILES string of the molecule is CC[C@H](C)[C@H](NC(=O)COCCF)C(=O)N[C@H]1CCc2cc(CO)cc3c2N(C1=O)[C@H](C(=O)NCc1c[nH]nn1)C3. The number of anilines is 1. The number of nitrogens with one attached hydrogen (secondary N) is 4. The molecule has 41 heavy (non-hydrogen) atoms. The molecule has 14 heteroatoms. The first-order valence-corrected chi connectivity index (χ1v) is 13.7. The number of aliphatic hydroxyl groups is 1. The van der Waals surface area contributed by atoms with Gasteiger partial charge in [-0.1, -0.05) is 37.6 Å². The van der Waals surface area contributed by atoms with Crippen LogP contribution in [0.2, 0.25) is 0 Å². The number of halogens is 1. The average Bonchev–Trinajstić information content (AvgIpc) is 3.61. The average molecular weight is 574 g/mol. The molecule has 0 bridgehead atoms. The van der Waals surface area contributed by atoms with Crippen LogP contribution in [-0.2, 0) is 49.9 Å². The maximum absolute atomic E-state index is 14.0. The molecule has 0 aliphatic carbocycles. The van der Waals surface area contributed by atoms with Crippen molar-refractivity contribution in [3.05, 3.63) is 40.7 Å². The highest BCUT2D eigenvalue weighted by Crippen LogP contribution is 2.40. The zero-order chi connectivity index (χ0) is 29.5. The third-order valence-electron chi connectivity index (χ3n) is 7.51. The summed E-state index contributed by atoms with van der Waals surface area (Å²) in [5.41, 5.74) is 3.40. The van der Waals surface area contributed by atoms with E-state index in [1.807, 2.05) is 13.0 Å². The summed E-state index contributed by atoms with van der Waals surface area (Å²) in [7, 11) is 0. The Morgan fingerprint density at radius 2 is 2.07 bits per heavy atom. The van der Waals surface area contributed by atoms with Crippen LogP contribution in [0, 0.1) is 5.92 Å². The molecular formula is C27H36FN7O6. The quantitative estimate of drug-likeness (QED) is 0.205. The summed E-state index contributed by atoms with van der Waals surface area (Å²) >= 11 is 0. The van der Waals surface area contributed by atoms with E-state index in [1.165, 1.54) is 4.90 Å². The number of rotatable bonds is 13. The molecule has 4 rings (SSSR count). The molecule has 4 amide bonds. The molecule has 0 saturated carbocycles. The van der Waals surface area contributed by atoms with E-state index in [2.05, 4.69) is 31.4 Å². The van der Waals surface area contributed by atoms with Gasteiger partial charge in [0.25, 0.3) is 0 Å². The molecule has 3 heterocycles. The van der Waals surface area contributed by atoms with Gasteiger partial charge >= 0.3 is 0 Å².